The monoisotopic (exact) mass is 304 g/mol. The van der Waals surface area contributed by atoms with Gasteiger partial charge >= 0.3 is 0 Å². The van der Waals surface area contributed by atoms with Gasteiger partial charge in [0.2, 0.25) is 5.91 Å². The fourth-order valence-electron chi connectivity index (χ4n) is 3.46. The molecule has 0 saturated carbocycles. The predicted molar refractivity (Wildman–Crippen MR) is 88.9 cm³/mol. The first-order valence-corrected chi connectivity index (χ1v) is 8.03. The first-order valence-electron chi connectivity index (χ1n) is 8.03. The van der Waals surface area contributed by atoms with Gasteiger partial charge < -0.3 is 15.4 Å². The van der Waals surface area contributed by atoms with E-state index in [0.717, 1.165) is 25.9 Å². The topological polar surface area (TPSA) is 50.4 Å². The molecule has 0 unspecified atom stereocenters. The summed E-state index contributed by atoms with van der Waals surface area (Å²) in [7, 11) is 1.67. The van der Waals surface area contributed by atoms with E-state index in [4.69, 9.17) is 4.74 Å². The van der Waals surface area contributed by atoms with E-state index in [0.29, 0.717) is 13.2 Å². The molecule has 1 aliphatic rings. The lowest BCUT2D eigenvalue weighted by atomic mass is 9.78. The maximum absolute atomic E-state index is 12.8. The van der Waals surface area contributed by atoms with E-state index >= 15 is 0 Å². The second kappa shape index (κ2) is 7.25. The molecule has 1 aromatic rings. The predicted octanol–water partition coefficient (Wildman–Crippen LogP) is 2.24. The Kier molecular flexibility index (Phi) is 5.59. The quantitative estimate of drug-likeness (QED) is 0.877. The smallest absolute Gasteiger partial charge is 0.228 e. The summed E-state index contributed by atoms with van der Waals surface area (Å²) in [5.74, 6) is 0.121. The number of rotatable bonds is 5. The Balaban J connectivity index is 2.08. The number of aryl methyl sites for hydroxylation is 3. The van der Waals surface area contributed by atoms with Crippen LogP contribution in [0, 0.1) is 26.2 Å². The van der Waals surface area contributed by atoms with Crippen LogP contribution in [-0.2, 0) is 16.1 Å². The lowest BCUT2D eigenvalue weighted by Gasteiger charge is -2.35. The Labute approximate surface area is 133 Å². The van der Waals surface area contributed by atoms with E-state index in [9.17, 15) is 4.79 Å². The maximum Gasteiger partial charge on any atom is 0.228 e. The summed E-state index contributed by atoms with van der Waals surface area (Å²) in [6.45, 7) is 9.15. The normalized spacial score (nSPS) is 17.3. The molecule has 1 aromatic carbocycles. The van der Waals surface area contributed by atoms with Crippen molar-refractivity contribution in [3.8, 4) is 0 Å². The molecule has 22 heavy (non-hydrogen) atoms. The van der Waals surface area contributed by atoms with Crippen LogP contribution in [0.2, 0.25) is 0 Å². The highest BCUT2D eigenvalue weighted by molar-refractivity contribution is 5.83. The highest BCUT2D eigenvalue weighted by atomic mass is 16.5. The number of carbonyl (C=O) groups is 1. The van der Waals surface area contributed by atoms with Crippen LogP contribution in [0.1, 0.15) is 35.1 Å². The zero-order chi connectivity index (χ0) is 16.2. The van der Waals surface area contributed by atoms with Gasteiger partial charge in [0.25, 0.3) is 0 Å². The number of amides is 1. The lowest BCUT2D eigenvalue weighted by molar-refractivity contribution is -0.136. The number of carbonyl (C=O) groups excluding carboxylic acids is 1. The van der Waals surface area contributed by atoms with Crippen molar-refractivity contribution in [1.29, 1.82) is 0 Å². The van der Waals surface area contributed by atoms with Gasteiger partial charge in [0.1, 0.15) is 0 Å². The van der Waals surface area contributed by atoms with Crippen molar-refractivity contribution in [3.05, 3.63) is 34.4 Å². The third kappa shape index (κ3) is 3.68. The molecule has 0 aromatic heterocycles. The van der Waals surface area contributed by atoms with Crippen LogP contribution >= 0.6 is 0 Å². The zero-order valence-corrected chi connectivity index (χ0v) is 14.2. The summed E-state index contributed by atoms with van der Waals surface area (Å²) >= 11 is 0. The second-order valence-corrected chi connectivity index (χ2v) is 6.52. The number of ether oxygens (including phenoxy) is 1. The lowest BCUT2D eigenvalue weighted by Crippen LogP contribution is -2.50. The van der Waals surface area contributed by atoms with Crippen molar-refractivity contribution < 1.29 is 9.53 Å². The number of piperidine rings is 1. The molecule has 1 aliphatic heterocycles. The molecule has 1 heterocycles. The SMILES string of the molecule is COCC1(C(=O)NCc2c(C)cc(C)cc2C)CCNCC1. The molecule has 4 nitrogen and oxygen atoms in total. The van der Waals surface area contributed by atoms with Crippen LogP contribution in [0.4, 0.5) is 0 Å². The summed E-state index contributed by atoms with van der Waals surface area (Å²) in [5, 5.41) is 6.46. The van der Waals surface area contributed by atoms with Crippen molar-refractivity contribution in [2.75, 3.05) is 26.8 Å². The summed E-state index contributed by atoms with van der Waals surface area (Å²) in [6.07, 6.45) is 1.66. The first-order chi connectivity index (χ1) is 10.5. The molecule has 1 fully saturated rings. The Morgan fingerprint density at radius 3 is 2.36 bits per heavy atom. The Morgan fingerprint density at radius 2 is 1.82 bits per heavy atom. The molecule has 2 rings (SSSR count). The van der Waals surface area contributed by atoms with Crippen molar-refractivity contribution in [3.63, 3.8) is 0 Å². The van der Waals surface area contributed by atoms with E-state index < -0.39 is 0 Å². The van der Waals surface area contributed by atoms with Crippen molar-refractivity contribution >= 4 is 5.91 Å². The fraction of sp³-hybridized carbons (Fsp3) is 0.611. The van der Waals surface area contributed by atoms with Crippen molar-refractivity contribution in [1.82, 2.24) is 10.6 Å². The number of hydrogen-bond donors (Lipinski definition) is 2. The van der Waals surface area contributed by atoms with E-state index in [2.05, 4.69) is 43.5 Å². The average Bonchev–Trinajstić information content (AvgIpc) is 2.47. The third-order valence-corrected chi connectivity index (χ3v) is 4.73. The van der Waals surface area contributed by atoms with Gasteiger partial charge in [0, 0.05) is 13.7 Å². The van der Waals surface area contributed by atoms with Crippen LogP contribution in [0.25, 0.3) is 0 Å². The van der Waals surface area contributed by atoms with E-state index in [1.54, 1.807) is 7.11 Å². The highest BCUT2D eigenvalue weighted by Crippen LogP contribution is 2.29. The molecule has 0 radical (unpaired) electrons. The molecule has 1 amide bonds. The van der Waals surface area contributed by atoms with Gasteiger partial charge in [-0.05, 0) is 63.4 Å². The highest BCUT2D eigenvalue weighted by Gasteiger charge is 2.39. The standard InChI is InChI=1S/C18H28N2O2/c1-13-9-14(2)16(15(3)10-13)11-20-17(21)18(12-22-4)5-7-19-8-6-18/h9-10,19H,5-8,11-12H2,1-4H3,(H,20,21). The number of hydrogen-bond acceptors (Lipinski definition) is 3. The Morgan fingerprint density at radius 1 is 1.23 bits per heavy atom. The largest absolute Gasteiger partial charge is 0.384 e. The third-order valence-electron chi connectivity index (χ3n) is 4.73. The zero-order valence-electron chi connectivity index (χ0n) is 14.2. The first kappa shape index (κ1) is 17.0. The van der Waals surface area contributed by atoms with E-state index in [-0.39, 0.29) is 11.3 Å². The molecule has 0 atom stereocenters. The summed E-state index contributed by atoms with van der Waals surface area (Å²) in [6, 6.07) is 4.34. The van der Waals surface area contributed by atoms with Crippen LogP contribution < -0.4 is 10.6 Å². The van der Waals surface area contributed by atoms with Crippen LogP contribution in [0.3, 0.4) is 0 Å². The van der Waals surface area contributed by atoms with Gasteiger partial charge in [0.05, 0.1) is 12.0 Å². The minimum Gasteiger partial charge on any atom is -0.384 e. The molecule has 2 N–H and O–H groups in total. The van der Waals surface area contributed by atoms with Crippen molar-refractivity contribution in [2.24, 2.45) is 5.41 Å². The van der Waals surface area contributed by atoms with Crippen molar-refractivity contribution in [2.45, 2.75) is 40.2 Å². The fourth-order valence-corrected chi connectivity index (χ4v) is 3.46. The molecular formula is C18H28N2O2. The summed E-state index contributed by atoms with van der Waals surface area (Å²) in [5.41, 5.74) is 4.58. The van der Waals surface area contributed by atoms with Crippen LogP contribution in [0.5, 0.6) is 0 Å². The van der Waals surface area contributed by atoms with Gasteiger partial charge in [0.15, 0.2) is 0 Å². The Hall–Kier alpha value is -1.39. The number of nitrogens with one attached hydrogen (secondary N) is 2. The molecule has 4 heteroatoms. The average molecular weight is 304 g/mol. The summed E-state index contributed by atoms with van der Waals surface area (Å²) < 4.78 is 5.33. The molecule has 1 saturated heterocycles. The summed E-state index contributed by atoms with van der Waals surface area (Å²) in [4.78, 5) is 12.8. The van der Waals surface area contributed by atoms with Crippen LogP contribution in [0.15, 0.2) is 12.1 Å². The minimum absolute atomic E-state index is 0.121. The maximum atomic E-state index is 12.8. The van der Waals surface area contributed by atoms with Gasteiger partial charge in [-0.15, -0.1) is 0 Å². The molecule has 0 spiro atoms. The molecule has 122 valence electrons. The van der Waals surface area contributed by atoms with Gasteiger partial charge in [-0.3, -0.25) is 4.79 Å². The molecule has 0 bridgehead atoms. The van der Waals surface area contributed by atoms with E-state index in [1.807, 2.05) is 0 Å². The number of methoxy groups -OCH3 is 1. The second-order valence-electron chi connectivity index (χ2n) is 6.52. The Bertz CT molecular complexity index is 505. The number of benzene rings is 1. The minimum atomic E-state index is -0.382. The molecule has 0 aliphatic carbocycles. The van der Waals surface area contributed by atoms with Gasteiger partial charge in [-0.1, -0.05) is 17.7 Å². The van der Waals surface area contributed by atoms with Gasteiger partial charge in [-0.2, -0.15) is 0 Å². The van der Waals surface area contributed by atoms with Gasteiger partial charge in [-0.25, -0.2) is 0 Å². The van der Waals surface area contributed by atoms with E-state index in [1.165, 1.54) is 22.3 Å². The molecular weight excluding hydrogens is 276 g/mol. The van der Waals surface area contributed by atoms with Crippen LogP contribution in [-0.4, -0.2) is 32.7 Å².